The molecule has 24 heavy (non-hydrogen) atoms. The molecule has 0 atom stereocenters. The zero-order valence-electron chi connectivity index (χ0n) is 15.2. The standard InChI is InChI=1S/C19H30N2O3/c1-19(2,3)24-18(22)21-13-7-11-20(14-15-21)12-8-16-23-17-9-5-4-6-10-17/h4-6,9-10H,7-8,11-16H2,1-3H3. The van der Waals surface area contributed by atoms with Crippen molar-refractivity contribution in [1.82, 2.24) is 9.80 Å². The molecule has 1 saturated heterocycles. The number of carbonyl (C=O) groups excluding carboxylic acids is 1. The number of hydrogen-bond donors (Lipinski definition) is 0. The van der Waals surface area contributed by atoms with E-state index in [-0.39, 0.29) is 6.09 Å². The molecule has 1 aromatic rings. The van der Waals surface area contributed by atoms with Gasteiger partial charge in [-0.25, -0.2) is 4.79 Å². The zero-order chi connectivity index (χ0) is 17.4. The summed E-state index contributed by atoms with van der Waals surface area (Å²) < 4.78 is 11.2. The SMILES string of the molecule is CC(C)(C)OC(=O)N1CCCN(CCCOc2ccccc2)CC1. The van der Waals surface area contributed by atoms with Crippen molar-refractivity contribution in [3.63, 3.8) is 0 Å². The molecule has 134 valence electrons. The van der Waals surface area contributed by atoms with Crippen LogP contribution in [0.2, 0.25) is 0 Å². The number of nitrogens with zero attached hydrogens (tertiary/aromatic N) is 2. The largest absolute Gasteiger partial charge is 0.494 e. The molecule has 1 aliphatic heterocycles. The Hall–Kier alpha value is -1.75. The molecule has 2 rings (SSSR count). The van der Waals surface area contributed by atoms with Crippen LogP contribution in [0.25, 0.3) is 0 Å². The normalized spacial score (nSPS) is 16.5. The highest BCUT2D eigenvalue weighted by molar-refractivity contribution is 5.68. The van der Waals surface area contributed by atoms with Crippen LogP contribution in [0, 0.1) is 0 Å². The smallest absolute Gasteiger partial charge is 0.410 e. The Balaban J connectivity index is 1.66. The fourth-order valence-corrected chi connectivity index (χ4v) is 2.70. The maximum absolute atomic E-state index is 12.2. The first kappa shape index (κ1) is 18.6. The minimum absolute atomic E-state index is 0.197. The zero-order valence-corrected chi connectivity index (χ0v) is 15.2. The van der Waals surface area contributed by atoms with Crippen molar-refractivity contribution >= 4 is 6.09 Å². The second-order valence-electron chi connectivity index (χ2n) is 7.18. The van der Waals surface area contributed by atoms with Gasteiger partial charge in [0.2, 0.25) is 0 Å². The van der Waals surface area contributed by atoms with Crippen LogP contribution < -0.4 is 4.74 Å². The Morgan fingerprint density at radius 2 is 1.83 bits per heavy atom. The third-order valence-corrected chi connectivity index (χ3v) is 3.87. The number of benzene rings is 1. The van der Waals surface area contributed by atoms with Gasteiger partial charge in [0, 0.05) is 26.2 Å². The first-order valence-electron chi connectivity index (χ1n) is 8.82. The van der Waals surface area contributed by atoms with Crippen LogP contribution in [0.5, 0.6) is 5.75 Å². The van der Waals surface area contributed by atoms with Crippen molar-refractivity contribution in [3.8, 4) is 5.75 Å². The minimum Gasteiger partial charge on any atom is -0.494 e. The van der Waals surface area contributed by atoms with E-state index in [4.69, 9.17) is 9.47 Å². The van der Waals surface area contributed by atoms with Gasteiger partial charge in [0.15, 0.2) is 0 Å². The molecule has 0 aromatic heterocycles. The van der Waals surface area contributed by atoms with Crippen molar-refractivity contribution in [2.75, 3.05) is 39.3 Å². The van der Waals surface area contributed by atoms with E-state index in [2.05, 4.69) is 4.90 Å². The molecule has 0 radical (unpaired) electrons. The molecule has 0 spiro atoms. The molecule has 0 bridgehead atoms. The van der Waals surface area contributed by atoms with Gasteiger partial charge in [-0.1, -0.05) is 18.2 Å². The predicted octanol–water partition coefficient (Wildman–Crippen LogP) is 3.40. The van der Waals surface area contributed by atoms with E-state index in [1.165, 1.54) is 0 Å². The molecule has 1 heterocycles. The molecule has 0 saturated carbocycles. The van der Waals surface area contributed by atoms with Gasteiger partial charge < -0.3 is 19.3 Å². The fourth-order valence-electron chi connectivity index (χ4n) is 2.70. The molecule has 5 nitrogen and oxygen atoms in total. The van der Waals surface area contributed by atoms with Crippen LogP contribution in [0.4, 0.5) is 4.79 Å². The van der Waals surface area contributed by atoms with Gasteiger partial charge in [0.05, 0.1) is 6.61 Å². The van der Waals surface area contributed by atoms with Crippen LogP contribution in [0.3, 0.4) is 0 Å². The predicted molar refractivity (Wildman–Crippen MR) is 95.4 cm³/mol. The van der Waals surface area contributed by atoms with Crippen LogP contribution in [-0.2, 0) is 4.74 Å². The molecule has 0 aliphatic carbocycles. The Labute approximate surface area is 145 Å². The number of rotatable bonds is 5. The summed E-state index contributed by atoms with van der Waals surface area (Å²) in [5.41, 5.74) is -0.433. The Morgan fingerprint density at radius 1 is 1.08 bits per heavy atom. The van der Waals surface area contributed by atoms with E-state index < -0.39 is 5.60 Å². The highest BCUT2D eigenvalue weighted by atomic mass is 16.6. The van der Waals surface area contributed by atoms with Gasteiger partial charge >= 0.3 is 6.09 Å². The number of hydrogen-bond acceptors (Lipinski definition) is 4. The van der Waals surface area contributed by atoms with Crippen molar-refractivity contribution < 1.29 is 14.3 Å². The summed E-state index contributed by atoms with van der Waals surface area (Å²) in [5, 5.41) is 0. The Morgan fingerprint density at radius 3 is 2.54 bits per heavy atom. The van der Waals surface area contributed by atoms with Gasteiger partial charge in [-0.2, -0.15) is 0 Å². The number of ether oxygens (including phenoxy) is 2. The molecule has 1 fully saturated rings. The van der Waals surface area contributed by atoms with Crippen molar-refractivity contribution in [1.29, 1.82) is 0 Å². The molecule has 0 N–H and O–H groups in total. The van der Waals surface area contributed by atoms with Gasteiger partial charge in [-0.3, -0.25) is 0 Å². The lowest BCUT2D eigenvalue weighted by molar-refractivity contribution is 0.0257. The molecular weight excluding hydrogens is 304 g/mol. The van der Waals surface area contributed by atoms with Crippen LogP contribution >= 0.6 is 0 Å². The van der Waals surface area contributed by atoms with Gasteiger partial charge in [-0.15, -0.1) is 0 Å². The van der Waals surface area contributed by atoms with E-state index >= 15 is 0 Å². The average Bonchev–Trinajstić information content (AvgIpc) is 2.77. The maximum atomic E-state index is 12.2. The Bertz CT molecular complexity index is 499. The number of amides is 1. The highest BCUT2D eigenvalue weighted by Crippen LogP contribution is 2.13. The maximum Gasteiger partial charge on any atom is 0.410 e. The van der Waals surface area contributed by atoms with E-state index in [9.17, 15) is 4.79 Å². The molecule has 0 unspecified atom stereocenters. The first-order chi connectivity index (χ1) is 11.4. The highest BCUT2D eigenvalue weighted by Gasteiger charge is 2.24. The molecular formula is C19H30N2O3. The van der Waals surface area contributed by atoms with Crippen LogP contribution in [0.1, 0.15) is 33.6 Å². The second kappa shape index (κ2) is 8.92. The van der Waals surface area contributed by atoms with Crippen LogP contribution in [-0.4, -0.2) is 60.8 Å². The second-order valence-corrected chi connectivity index (χ2v) is 7.18. The topological polar surface area (TPSA) is 42.0 Å². The van der Waals surface area contributed by atoms with E-state index in [0.717, 1.165) is 57.9 Å². The van der Waals surface area contributed by atoms with Crippen molar-refractivity contribution in [2.45, 2.75) is 39.2 Å². The fraction of sp³-hybridized carbons (Fsp3) is 0.632. The number of carbonyl (C=O) groups is 1. The van der Waals surface area contributed by atoms with Gasteiger partial charge in [-0.05, 0) is 52.3 Å². The van der Waals surface area contributed by atoms with Crippen molar-refractivity contribution in [3.05, 3.63) is 30.3 Å². The monoisotopic (exact) mass is 334 g/mol. The summed E-state index contributed by atoms with van der Waals surface area (Å²) in [6.45, 7) is 10.8. The summed E-state index contributed by atoms with van der Waals surface area (Å²) in [5.74, 6) is 0.921. The average molecular weight is 334 g/mol. The lowest BCUT2D eigenvalue weighted by Gasteiger charge is -2.26. The van der Waals surface area contributed by atoms with Gasteiger partial charge in [0.1, 0.15) is 11.4 Å². The van der Waals surface area contributed by atoms with Crippen molar-refractivity contribution in [2.24, 2.45) is 0 Å². The third-order valence-electron chi connectivity index (χ3n) is 3.87. The summed E-state index contributed by atoms with van der Waals surface area (Å²) >= 11 is 0. The van der Waals surface area contributed by atoms with Gasteiger partial charge in [0.25, 0.3) is 0 Å². The minimum atomic E-state index is -0.433. The van der Waals surface area contributed by atoms with E-state index in [0.29, 0.717) is 0 Å². The van der Waals surface area contributed by atoms with E-state index in [1.807, 2.05) is 56.0 Å². The number of para-hydroxylation sites is 1. The summed E-state index contributed by atoms with van der Waals surface area (Å²) in [6, 6.07) is 9.90. The lowest BCUT2D eigenvalue weighted by Crippen LogP contribution is -2.39. The third kappa shape index (κ3) is 6.79. The summed E-state index contributed by atoms with van der Waals surface area (Å²) in [7, 11) is 0. The quantitative estimate of drug-likeness (QED) is 0.774. The van der Waals surface area contributed by atoms with Crippen LogP contribution in [0.15, 0.2) is 30.3 Å². The lowest BCUT2D eigenvalue weighted by atomic mass is 10.2. The van der Waals surface area contributed by atoms with E-state index in [1.54, 1.807) is 0 Å². The Kier molecular flexibility index (Phi) is 6.91. The summed E-state index contributed by atoms with van der Waals surface area (Å²) in [4.78, 5) is 16.4. The molecule has 1 amide bonds. The molecule has 1 aliphatic rings. The molecule has 1 aromatic carbocycles. The summed E-state index contributed by atoms with van der Waals surface area (Å²) in [6.07, 6.45) is 1.77. The first-order valence-corrected chi connectivity index (χ1v) is 8.82. The molecule has 5 heteroatoms.